The van der Waals surface area contributed by atoms with Gasteiger partial charge >= 0.3 is 0 Å². The zero-order valence-electron chi connectivity index (χ0n) is 7.37. The smallest absolute Gasteiger partial charge is 0 e. The van der Waals surface area contributed by atoms with Crippen LogP contribution in [-0.2, 0) is 0 Å². The molecule has 2 rings (SSSR count). The van der Waals surface area contributed by atoms with E-state index in [1.165, 1.54) is 0 Å². The molecule has 0 unspecified atom stereocenters. The molecule has 2 aromatic rings. The summed E-state index contributed by atoms with van der Waals surface area (Å²) in [5.74, 6) is 0.883. The molecule has 0 radical (unpaired) electrons. The largest absolute Gasteiger partial charge is 0.591 e. The standard InChI is InChI=1S/C11H9O.U/c1-9-7-11(12-8-9)10-5-3-2-4-6-10;/h2-7H,1H3;/q-1;. The molecule has 0 saturated heterocycles. The molecule has 1 aromatic heterocycles. The van der Waals surface area contributed by atoms with Gasteiger partial charge in [-0.1, -0.05) is 42.8 Å². The molecule has 13 heavy (non-hydrogen) atoms. The van der Waals surface area contributed by atoms with Gasteiger partial charge in [-0.25, -0.2) is 0 Å². The van der Waals surface area contributed by atoms with Crippen molar-refractivity contribution in [3.63, 3.8) is 0 Å². The maximum absolute atomic E-state index is 5.23. The molecule has 0 N–H and O–H groups in total. The Labute approximate surface area is 102 Å². The van der Waals surface area contributed by atoms with Crippen molar-refractivity contribution in [2.45, 2.75) is 6.92 Å². The first kappa shape index (κ1) is 10.6. The first-order valence-corrected chi connectivity index (χ1v) is 3.90. The molecule has 0 spiro atoms. The van der Waals surface area contributed by atoms with E-state index in [-0.39, 0.29) is 31.1 Å². The number of hydrogen-bond acceptors (Lipinski definition) is 1. The van der Waals surface area contributed by atoms with Gasteiger partial charge in [0.15, 0.2) is 0 Å². The summed E-state index contributed by atoms with van der Waals surface area (Å²) in [5.41, 5.74) is 2.13. The van der Waals surface area contributed by atoms with Gasteiger partial charge in [0, 0.05) is 31.1 Å². The van der Waals surface area contributed by atoms with E-state index in [2.05, 4.69) is 6.26 Å². The fourth-order valence-corrected chi connectivity index (χ4v) is 1.14. The minimum atomic E-state index is 0. The van der Waals surface area contributed by atoms with Crippen LogP contribution in [0.3, 0.4) is 0 Å². The predicted molar refractivity (Wildman–Crippen MR) is 47.7 cm³/mol. The summed E-state index contributed by atoms with van der Waals surface area (Å²) in [6.07, 6.45) is 2.79. The molecule has 1 aromatic carbocycles. The predicted octanol–water partition coefficient (Wildman–Crippen LogP) is 3.06. The third-order valence-corrected chi connectivity index (χ3v) is 1.73. The molecular formula is C11H9OU-. The Morgan fingerprint density at radius 1 is 1.15 bits per heavy atom. The number of aryl methyl sites for hydroxylation is 1. The van der Waals surface area contributed by atoms with E-state index in [4.69, 9.17) is 4.42 Å². The van der Waals surface area contributed by atoms with Crippen LogP contribution >= 0.6 is 0 Å². The van der Waals surface area contributed by atoms with Crippen LogP contribution in [0.4, 0.5) is 0 Å². The Balaban J connectivity index is 0.000000845. The molecule has 0 aliphatic heterocycles. The van der Waals surface area contributed by atoms with Crippen molar-refractivity contribution in [2.75, 3.05) is 0 Å². The second-order valence-electron chi connectivity index (χ2n) is 2.76. The molecule has 0 bridgehead atoms. The normalized spacial score (nSPS) is 9.31. The van der Waals surface area contributed by atoms with E-state index in [1.807, 2.05) is 43.3 Å². The summed E-state index contributed by atoms with van der Waals surface area (Å²) in [7, 11) is 0. The Morgan fingerprint density at radius 2 is 1.85 bits per heavy atom. The van der Waals surface area contributed by atoms with E-state index < -0.39 is 0 Å². The van der Waals surface area contributed by atoms with Crippen LogP contribution in [0.15, 0.2) is 40.8 Å². The van der Waals surface area contributed by atoms with Crippen LogP contribution in [0.1, 0.15) is 5.56 Å². The van der Waals surface area contributed by atoms with Crippen LogP contribution in [0, 0.1) is 44.3 Å². The molecule has 0 aliphatic rings. The van der Waals surface area contributed by atoms with Crippen molar-refractivity contribution in [1.82, 2.24) is 0 Å². The minimum Gasteiger partial charge on any atom is -0.591 e. The maximum Gasteiger partial charge on any atom is 0 e. The van der Waals surface area contributed by atoms with Crippen LogP contribution < -0.4 is 0 Å². The third kappa shape index (κ3) is 2.50. The quantitative estimate of drug-likeness (QED) is 0.677. The molecule has 0 fully saturated rings. The van der Waals surface area contributed by atoms with Crippen LogP contribution in [0.2, 0.25) is 0 Å². The van der Waals surface area contributed by atoms with Gasteiger partial charge in [-0.15, -0.1) is 5.56 Å². The summed E-state index contributed by atoms with van der Waals surface area (Å²) in [5, 5.41) is 0. The Hall–Kier alpha value is -0.448. The van der Waals surface area contributed by atoms with Crippen molar-refractivity contribution >= 4 is 0 Å². The molecule has 0 atom stereocenters. The van der Waals surface area contributed by atoms with E-state index >= 15 is 0 Å². The number of benzene rings is 1. The average Bonchev–Trinajstić information content (AvgIpc) is 2.54. The molecule has 1 nitrogen and oxygen atoms in total. The van der Waals surface area contributed by atoms with Crippen molar-refractivity contribution in [1.29, 1.82) is 0 Å². The third-order valence-electron chi connectivity index (χ3n) is 1.73. The van der Waals surface area contributed by atoms with E-state index in [1.54, 1.807) is 0 Å². The number of furan rings is 1. The minimum absolute atomic E-state index is 0. The Kier molecular flexibility index (Phi) is 3.84. The van der Waals surface area contributed by atoms with E-state index in [9.17, 15) is 0 Å². The molecule has 0 aliphatic carbocycles. The maximum atomic E-state index is 5.23. The molecular weight excluding hydrogens is 386 g/mol. The van der Waals surface area contributed by atoms with Crippen molar-refractivity contribution in [3.8, 4) is 11.3 Å². The molecule has 0 amide bonds. The van der Waals surface area contributed by atoms with Crippen molar-refractivity contribution in [3.05, 3.63) is 48.2 Å². The van der Waals surface area contributed by atoms with Crippen molar-refractivity contribution in [2.24, 2.45) is 0 Å². The summed E-state index contributed by atoms with van der Waals surface area (Å²) in [6.45, 7) is 1.97. The van der Waals surface area contributed by atoms with Gasteiger partial charge < -0.3 is 4.42 Å². The summed E-state index contributed by atoms with van der Waals surface area (Å²) < 4.78 is 5.23. The van der Waals surface area contributed by atoms with Crippen molar-refractivity contribution < 1.29 is 35.5 Å². The van der Waals surface area contributed by atoms with Gasteiger partial charge in [0.2, 0.25) is 0 Å². The Bertz CT molecular complexity index is 365. The first-order valence-electron chi connectivity index (χ1n) is 3.90. The summed E-state index contributed by atoms with van der Waals surface area (Å²) in [4.78, 5) is 0. The van der Waals surface area contributed by atoms with Crippen LogP contribution in [0.25, 0.3) is 11.3 Å². The number of hydrogen-bond donors (Lipinski definition) is 0. The fraction of sp³-hybridized carbons (Fsp3) is 0.0909. The average molecular weight is 395 g/mol. The van der Waals surface area contributed by atoms with Gasteiger partial charge in [0.25, 0.3) is 0 Å². The SMILES string of the molecule is Cc1[c-]oc(-c2ccccc2)c1.[U]. The number of rotatable bonds is 1. The van der Waals surface area contributed by atoms with Crippen LogP contribution in [0.5, 0.6) is 0 Å². The van der Waals surface area contributed by atoms with Crippen LogP contribution in [-0.4, -0.2) is 0 Å². The molecule has 1 heterocycles. The zero-order valence-corrected chi connectivity index (χ0v) is 11.5. The van der Waals surface area contributed by atoms with Gasteiger partial charge in [-0.2, -0.15) is 6.07 Å². The Morgan fingerprint density at radius 3 is 2.38 bits per heavy atom. The molecule has 2 heteroatoms. The van der Waals surface area contributed by atoms with Gasteiger partial charge in [0.05, 0.1) is 0 Å². The topological polar surface area (TPSA) is 13.1 Å². The fourth-order valence-electron chi connectivity index (χ4n) is 1.14. The first-order chi connectivity index (χ1) is 5.86. The monoisotopic (exact) mass is 395 g/mol. The summed E-state index contributed by atoms with van der Waals surface area (Å²) >= 11 is 0. The van der Waals surface area contributed by atoms with E-state index in [0.29, 0.717) is 0 Å². The zero-order chi connectivity index (χ0) is 8.39. The van der Waals surface area contributed by atoms with Gasteiger partial charge in [-0.3, -0.25) is 0 Å². The summed E-state index contributed by atoms with van der Waals surface area (Å²) in [6, 6.07) is 12.0. The van der Waals surface area contributed by atoms with E-state index in [0.717, 1.165) is 16.9 Å². The second-order valence-corrected chi connectivity index (χ2v) is 2.76. The molecule has 64 valence electrons. The molecule has 0 saturated carbocycles. The van der Waals surface area contributed by atoms with Gasteiger partial charge in [-0.05, 0) is 12.0 Å². The second kappa shape index (κ2) is 4.69. The van der Waals surface area contributed by atoms with Gasteiger partial charge in [0.1, 0.15) is 0 Å².